The molecule has 0 rings (SSSR count). The Hall–Kier alpha value is 0.674. The maximum Gasteiger partial charge on any atom is 4.00 e. The molecule has 2 heteroatoms. The second-order valence-electron chi connectivity index (χ2n) is 1.62. The van der Waals surface area contributed by atoms with Gasteiger partial charge in [-0.05, 0) is 14.1 Å². The zero-order valence-electron chi connectivity index (χ0n) is 6.94. The summed E-state index contributed by atoms with van der Waals surface area (Å²) >= 11 is 0. The van der Waals surface area contributed by atoms with Crippen LogP contribution in [0.2, 0.25) is 0 Å². The van der Waals surface area contributed by atoms with Crippen molar-refractivity contribution < 1.29 is 21.7 Å². The fourth-order valence-corrected chi connectivity index (χ4v) is 0. The zero-order valence-corrected chi connectivity index (χ0v) is 8.50. The van der Waals surface area contributed by atoms with Crippen LogP contribution in [0.15, 0.2) is 0 Å². The summed E-state index contributed by atoms with van der Waals surface area (Å²) in [5, 5.41) is 0. The first kappa shape index (κ1) is 22.6. The monoisotopic (exact) mass is 163 g/mol. The van der Waals surface area contributed by atoms with E-state index in [1.807, 2.05) is 19.0 Å². The Balaban J connectivity index is -0.0000000417. The largest absolute Gasteiger partial charge is 4.00 e. The minimum Gasteiger partial charge on any atom is -0.364 e. The molecule has 0 saturated heterocycles. The molecule has 0 bridgehead atoms. The quantitative estimate of drug-likeness (QED) is 0.418. The van der Waals surface area contributed by atoms with Crippen LogP contribution in [0.5, 0.6) is 0 Å². The molecule has 0 aliphatic rings. The van der Waals surface area contributed by atoms with Gasteiger partial charge in [0.25, 0.3) is 0 Å². The van der Waals surface area contributed by atoms with Crippen molar-refractivity contribution in [2.24, 2.45) is 0 Å². The minimum atomic E-state index is 0. The van der Waals surface area contributed by atoms with Crippen LogP contribution in [0.4, 0.5) is 0 Å². The molecule has 0 saturated carbocycles. The maximum absolute atomic E-state index is 3.65. The molecule has 0 spiro atoms. The van der Waals surface area contributed by atoms with Gasteiger partial charge >= 0.3 is 21.7 Å². The van der Waals surface area contributed by atoms with Crippen molar-refractivity contribution in [3.05, 3.63) is 28.7 Å². The van der Waals surface area contributed by atoms with Crippen LogP contribution >= 0.6 is 0 Å². The molecule has 0 fully saturated rings. The van der Waals surface area contributed by atoms with E-state index in [0.29, 0.717) is 0 Å². The Morgan fingerprint density at radius 1 is 1.11 bits per heavy atom. The average Bonchev–Trinajstić information content (AvgIpc) is 1.36. The molecule has 0 heterocycles. The predicted octanol–water partition coefficient (Wildman–Crippen LogP) is 1.48. The summed E-state index contributed by atoms with van der Waals surface area (Å²) in [7, 11) is 3.90. The smallest absolute Gasteiger partial charge is 0.364 e. The van der Waals surface area contributed by atoms with Crippen molar-refractivity contribution in [1.29, 1.82) is 0 Å². The summed E-state index contributed by atoms with van der Waals surface area (Å²) in [6, 6.07) is 0.185. The van der Waals surface area contributed by atoms with E-state index in [1.54, 1.807) is 0 Å². The molecule has 0 amide bonds. The zero-order chi connectivity index (χ0) is 5.15. The molecule has 54 valence electrons. The van der Waals surface area contributed by atoms with Crippen molar-refractivity contribution in [2.75, 3.05) is 14.1 Å². The molecule has 0 N–H and O–H groups in total. The van der Waals surface area contributed by atoms with Crippen molar-refractivity contribution >= 4 is 0 Å². The van der Waals surface area contributed by atoms with E-state index in [0.717, 1.165) is 0 Å². The predicted molar refractivity (Wildman–Crippen MR) is 41.0 cm³/mol. The van der Waals surface area contributed by atoms with Gasteiger partial charge in [0.05, 0.1) is 0 Å². The molecule has 0 radical (unpaired) electrons. The van der Waals surface area contributed by atoms with Crippen LogP contribution in [0.25, 0.3) is 0 Å². The Morgan fingerprint density at radius 3 is 1.22 bits per heavy atom. The molecule has 0 unspecified atom stereocenters. The Kier molecular flexibility index (Phi) is 28.8. The van der Waals surface area contributed by atoms with Gasteiger partial charge in [0.1, 0.15) is 0 Å². The van der Waals surface area contributed by atoms with Gasteiger partial charge in [-0.3, -0.25) is 0 Å². The SMILES string of the molecule is [CH2-]C([CH2-])N(C)C.[CH3-].[CH3-].[Ti+4]. The number of rotatable bonds is 1. The van der Waals surface area contributed by atoms with E-state index in [9.17, 15) is 0 Å². The normalized spacial score (nSPS) is 7.33. The van der Waals surface area contributed by atoms with E-state index in [1.165, 1.54) is 0 Å². The maximum atomic E-state index is 3.65. The van der Waals surface area contributed by atoms with Gasteiger partial charge in [-0.25, -0.2) is 6.04 Å². The van der Waals surface area contributed by atoms with Crippen LogP contribution in [0, 0.1) is 28.7 Å². The van der Waals surface area contributed by atoms with E-state index >= 15 is 0 Å². The number of nitrogens with zero attached hydrogens (tertiary/aromatic N) is 1. The van der Waals surface area contributed by atoms with E-state index < -0.39 is 0 Å². The summed E-state index contributed by atoms with van der Waals surface area (Å²) in [5.74, 6) is 0. The minimum absolute atomic E-state index is 0. The summed E-state index contributed by atoms with van der Waals surface area (Å²) in [5.41, 5.74) is 0. The van der Waals surface area contributed by atoms with Crippen LogP contribution in [0.1, 0.15) is 0 Å². The summed E-state index contributed by atoms with van der Waals surface area (Å²) in [6.45, 7) is 7.31. The second kappa shape index (κ2) is 11.5. The molecule has 0 atom stereocenters. The summed E-state index contributed by atoms with van der Waals surface area (Å²) in [4.78, 5) is 1.94. The molecule has 0 aromatic carbocycles. The van der Waals surface area contributed by atoms with Gasteiger partial charge in [0.2, 0.25) is 0 Å². The van der Waals surface area contributed by atoms with Crippen LogP contribution in [-0.2, 0) is 21.7 Å². The van der Waals surface area contributed by atoms with Gasteiger partial charge in [0, 0.05) is 0 Å². The first-order chi connectivity index (χ1) is 2.64. The average molecular weight is 163 g/mol. The molecular formula is C7H17NTi. The molecule has 9 heavy (non-hydrogen) atoms. The molecule has 1 nitrogen and oxygen atoms in total. The van der Waals surface area contributed by atoms with Gasteiger partial charge < -0.3 is 33.6 Å². The molecule has 0 aliphatic carbocycles. The Labute approximate surface area is 75.7 Å². The summed E-state index contributed by atoms with van der Waals surface area (Å²) < 4.78 is 0. The first-order valence-corrected chi connectivity index (χ1v) is 1.97. The first-order valence-electron chi connectivity index (χ1n) is 1.97. The number of hydrogen-bond acceptors (Lipinski definition) is 1. The third kappa shape index (κ3) is 17.7. The van der Waals surface area contributed by atoms with Crippen LogP contribution < -0.4 is 0 Å². The van der Waals surface area contributed by atoms with Crippen molar-refractivity contribution in [3.63, 3.8) is 0 Å². The molecule has 0 aromatic heterocycles. The van der Waals surface area contributed by atoms with Gasteiger partial charge in [-0.15, -0.1) is 0 Å². The summed E-state index contributed by atoms with van der Waals surface area (Å²) in [6.07, 6.45) is 0. The fraction of sp³-hybridized carbons (Fsp3) is 0.429. The standard InChI is InChI=1S/C5H11N.2CH3.Ti/c1-5(2)6(3)4;;;/h5H,1-2H2,3-4H3;2*1H3;/q-2;2*-1;+4. The Morgan fingerprint density at radius 2 is 1.22 bits per heavy atom. The van der Waals surface area contributed by atoms with Crippen molar-refractivity contribution in [2.45, 2.75) is 6.04 Å². The Bertz CT molecular complexity index is 29.9. The van der Waals surface area contributed by atoms with Gasteiger partial charge in [0.15, 0.2) is 0 Å². The van der Waals surface area contributed by atoms with Crippen LogP contribution in [-0.4, -0.2) is 25.0 Å². The van der Waals surface area contributed by atoms with Crippen molar-refractivity contribution in [3.8, 4) is 0 Å². The van der Waals surface area contributed by atoms with E-state index in [4.69, 9.17) is 0 Å². The molecule has 0 aromatic rings. The van der Waals surface area contributed by atoms with Crippen LogP contribution in [0.3, 0.4) is 0 Å². The van der Waals surface area contributed by atoms with E-state index in [2.05, 4.69) is 13.8 Å². The van der Waals surface area contributed by atoms with Gasteiger partial charge in [-0.2, -0.15) is 0 Å². The van der Waals surface area contributed by atoms with Crippen molar-refractivity contribution in [1.82, 2.24) is 4.90 Å². The second-order valence-corrected chi connectivity index (χ2v) is 1.62. The third-order valence-electron chi connectivity index (χ3n) is 0.730. The number of hydrogen-bond donors (Lipinski definition) is 0. The molecule has 0 aliphatic heterocycles. The van der Waals surface area contributed by atoms with E-state index in [-0.39, 0.29) is 42.6 Å². The van der Waals surface area contributed by atoms with Gasteiger partial charge in [-0.1, -0.05) is 0 Å². The molecular weight excluding hydrogens is 146 g/mol. The third-order valence-corrected chi connectivity index (χ3v) is 0.730. The topological polar surface area (TPSA) is 3.24 Å². The fourth-order valence-electron chi connectivity index (χ4n) is 0.